The molecule has 2 aromatic carbocycles. The number of benzene rings is 2. The number of rotatable bonds is 2. The zero-order chi connectivity index (χ0) is 17.0. The summed E-state index contributed by atoms with van der Waals surface area (Å²) in [5.74, 6) is 1.15. The maximum atomic E-state index is 13.1. The molecular weight excluding hydrogens is 320 g/mol. The number of nitrogens with one attached hydrogen (secondary N) is 1. The van der Waals surface area contributed by atoms with Gasteiger partial charge < -0.3 is 14.8 Å². The van der Waals surface area contributed by atoms with Gasteiger partial charge in [0.25, 0.3) is 5.91 Å². The van der Waals surface area contributed by atoms with Crippen LogP contribution in [-0.2, 0) is 23.3 Å². The predicted octanol–water partition coefficient (Wildman–Crippen LogP) is 2.31. The van der Waals surface area contributed by atoms with Gasteiger partial charge in [-0.1, -0.05) is 30.3 Å². The highest BCUT2D eigenvalue weighted by molar-refractivity contribution is 6.08. The molecule has 6 nitrogen and oxygen atoms in total. The van der Waals surface area contributed by atoms with Crippen LogP contribution in [0.25, 0.3) is 0 Å². The Balaban J connectivity index is 1.46. The second-order valence-electron chi connectivity index (χ2n) is 6.57. The van der Waals surface area contributed by atoms with Crippen molar-refractivity contribution in [2.45, 2.75) is 24.9 Å². The summed E-state index contributed by atoms with van der Waals surface area (Å²) in [5.41, 5.74) is 1.96. The summed E-state index contributed by atoms with van der Waals surface area (Å²) in [4.78, 5) is 27.0. The average Bonchev–Trinajstić information content (AvgIpc) is 3.29. The molecule has 3 aliphatic rings. The van der Waals surface area contributed by atoms with E-state index in [1.165, 1.54) is 4.90 Å². The molecular formula is C19H16N2O4. The van der Waals surface area contributed by atoms with Crippen LogP contribution in [0.5, 0.6) is 11.5 Å². The highest BCUT2D eigenvalue weighted by atomic mass is 16.7. The van der Waals surface area contributed by atoms with Crippen LogP contribution < -0.4 is 14.8 Å². The highest BCUT2D eigenvalue weighted by Gasteiger charge is 2.55. The van der Waals surface area contributed by atoms with Gasteiger partial charge in [0.2, 0.25) is 6.79 Å². The summed E-state index contributed by atoms with van der Waals surface area (Å²) in [6, 6.07) is 12.9. The third-order valence-electron chi connectivity index (χ3n) is 5.20. The number of ether oxygens (including phenoxy) is 2. The topological polar surface area (TPSA) is 67.9 Å². The Morgan fingerprint density at radius 3 is 2.84 bits per heavy atom. The minimum Gasteiger partial charge on any atom is -0.454 e. The van der Waals surface area contributed by atoms with Crippen LogP contribution in [0, 0.1) is 0 Å². The minimum absolute atomic E-state index is 0.180. The standard InChI is InChI=1S/C19H16N2O4/c22-17-19(8-7-13-3-1-2-4-14(13)19)20-18(23)21(17)10-12-5-6-15-16(9-12)25-11-24-15/h1-6,9H,7-8,10-11H2,(H,20,23)/t19-/m0/s1. The first kappa shape index (κ1) is 14.3. The van der Waals surface area contributed by atoms with Crippen LogP contribution in [-0.4, -0.2) is 23.6 Å². The summed E-state index contributed by atoms with van der Waals surface area (Å²) in [7, 11) is 0. The van der Waals surface area contributed by atoms with Crippen LogP contribution >= 0.6 is 0 Å². The van der Waals surface area contributed by atoms with Crippen molar-refractivity contribution in [3.8, 4) is 11.5 Å². The quantitative estimate of drug-likeness (QED) is 0.855. The maximum Gasteiger partial charge on any atom is 0.325 e. The number of amides is 3. The molecule has 1 N–H and O–H groups in total. The largest absolute Gasteiger partial charge is 0.454 e. The lowest BCUT2D eigenvalue weighted by molar-refractivity contribution is -0.132. The van der Waals surface area contributed by atoms with E-state index in [4.69, 9.17) is 9.47 Å². The number of nitrogens with zero attached hydrogens (tertiary/aromatic N) is 1. The van der Waals surface area contributed by atoms with E-state index in [2.05, 4.69) is 5.32 Å². The van der Waals surface area contributed by atoms with Crippen molar-refractivity contribution in [1.29, 1.82) is 0 Å². The first-order valence-electron chi connectivity index (χ1n) is 8.28. The third kappa shape index (κ3) is 1.97. The smallest absolute Gasteiger partial charge is 0.325 e. The van der Waals surface area contributed by atoms with Crippen molar-refractivity contribution in [3.63, 3.8) is 0 Å². The maximum absolute atomic E-state index is 13.1. The van der Waals surface area contributed by atoms with E-state index < -0.39 is 5.54 Å². The van der Waals surface area contributed by atoms with E-state index in [1.54, 1.807) is 6.07 Å². The van der Waals surface area contributed by atoms with Crippen LogP contribution in [0.15, 0.2) is 42.5 Å². The van der Waals surface area contributed by atoms with Gasteiger partial charge >= 0.3 is 6.03 Å². The Morgan fingerprint density at radius 1 is 1.08 bits per heavy atom. The molecule has 1 spiro atoms. The number of carbonyl (C=O) groups excluding carboxylic acids is 2. The first-order valence-corrected chi connectivity index (χ1v) is 8.28. The number of imide groups is 1. The fourth-order valence-electron chi connectivity index (χ4n) is 3.96. The Labute approximate surface area is 144 Å². The molecule has 3 amide bonds. The van der Waals surface area contributed by atoms with E-state index in [1.807, 2.05) is 36.4 Å². The van der Waals surface area contributed by atoms with Gasteiger partial charge in [0.1, 0.15) is 5.54 Å². The second kappa shape index (κ2) is 4.99. The van der Waals surface area contributed by atoms with Gasteiger partial charge in [0, 0.05) is 0 Å². The molecule has 2 aromatic rings. The van der Waals surface area contributed by atoms with E-state index in [0.717, 1.165) is 23.1 Å². The number of hydrogen-bond acceptors (Lipinski definition) is 4. The molecule has 1 saturated heterocycles. The zero-order valence-corrected chi connectivity index (χ0v) is 13.5. The van der Waals surface area contributed by atoms with E-state index in [0.29, 0.717) is 17.9 Å². The second-order valence-corrected chi connectivity index (χ2v) is 6.57. The van der Waals surface area contributed by atoms with Crippen molar-refractivity contribution in [1.82, 2.24) is 10.2 Å². The van der Waals surface area contributed by atoms with Gasteiger partial charge in [0.15, 0.2) is 11.5 Å². The summed E-state index contributed by atoms with van der Waals surface area (Å²) in [5, 5.41) is 2.94. The number of aryl methyl sites for hydroxylation is 1. The van der Waals surface area contributed by atoms with E-state index in [-0.39, 0.29) is 25.3 Å². The van der Waals surface area contributed by atoms with E-state index in [9.17, 15) is 9.59 Å². The molecule has 0 aromatic heterocycles. The number of urea groups is 1. The third-order valence-corrected chi connectivity index (χ3v) is 5.20. The van der Waals surface area contributed by atoms with Gasteiger partial charge in [-0.15, -0.1) is 0 Å². The molecule has 2 aliphatic heterocycles. The predicted molar refractivity (Wildman–Crippen MR) is 88.1 cm³/mol. The van der Waals surface area contributed by atoms with Crippen LogP contribution in [0.3, 0.4) is 0 Å². The number of hydrogen-bond donors (Lipinski definition) is 1. The summed E-state index contributed by atoms with van der Waals surface area (Å²) in [6.07, 6.45) is 1.40. The lowest BCUT2D eigenvalue weighted by Crippen LogP contribution is -2.41. The fraction of sp³-hybridized carbons (Fsp3) is 0.263. The normalized spacial score (nSPS) is 23.3. The molecule has 25 heavy (non-hydrogen) atoms. The lowest BCUT2D eigenvalue weighted by atomic mass is 9.92. The summed E-state index contributed by atoms with van der Waals surface area (Å²) in [6.45, 7) is 0.410. The monoisotopic (exact) mass is 336 g/mol. The van der Waals surface area contributed by atoms with Crippen LogP contribution in [0.2, 0.25) is 0 Å². The van der Waals surface area contributed by atoms with Gasteiger partial charge in [-0.05, 0) is 41.7 Å². The zero-order valence-electron chi connectivity index (χ0n) is 13.5. The molecule has 0 unspecified atom stereocenters. The SMILES string of the molecule is O=C1N[C@]2(CCc3ccccc32)C(=O)N1Cc1ccc2c(c1)OCO2. The van der Waals surface area contributed by atoms with Gasteiger partial charge in [0.05, 0.1) is 6.54 Å². The van der Waals surface area contributed by atoms with Crippen molar-refractivity contribution >= 4 is 11.9 Å². The van der Waals surface area contributed by atoms with Crippen molar-refractivity contribution < 1.29 is 19.1 Å². The first-order chi connectivity index (χ1) is 12.2. The van der Waals surface area contributed by atoms with E-state index >= 15 is 0 Å². The number of fused-ring (bicyclic) bond motifs is 3. The molecule has 6 heteroatoms. The summed E-state index contributed by atoms with van der Waals surface area (Å²) >= 11 is 0. The molecule has 126 valence electrons. The van der Waals surface area contributed by atoms with Crippen LogP contribution in [0.4, 0.5) is 4.79 Å². The average molecular weight is 336 g/mol. The van der Waals surface area contributed by atoms with Crippen LogP contribution in [0.1, 0.15) is 23.1 Å². The molecule has 5 rings (SSSR count). The lowest BCUT2D eigenvalue weighted by Gasteiger charge is -2.22. The highest BCUT2D eigenvalue weighted by Crippen LogP contribution is 2.42. The fourth-order valence-corrected chi connectivity index (χ4v) is 3.96. The Morgan fingerprint density at radius 2 is 1.92 bits per heavy atom. The molecule has 0 saturated carbocycles. The van der Waals surface area contributed by atoms with Gasteiger partial charge in [-0.2, -0.15) is 0 Å². The van der Waals surface area contributed by atoms with Gasteiger partial charge in [-0.25, -0.2) is 4.79 Å². The summed E-state index contributed by atoms with van der Waals surface area (Å²) < 4.78 is 10.7. The molecule has 0 bridgehead atoms. The molecule has 1 atom stereocenters. The van der Waals surface area contributed by atoms with Crippen molar-refractivity contribution in [2.75, 3.05) is 6.79 Å². The Hall–Kier alpha value is -3.02. The molecule has 1 aliphatic carbocycles. The van der Waals surface area contributed by atoms with Crippen molar-refractivity contribution in [3.05, 3.63) is 59.2 Å². The Bertz CT molecular complexity index is 910. The molecule has 1 fully saturated rings. The van der Waals surface area contributed by atoms with Crippen molar-refractivity contribution in [2.24, 2.45) is 0 Å². The number of carbonyl (C=O) groups is 2. The molecule has 0 radical (unpaired) electrons. The Kier molecular flexibility index (Phi) is 2.86. The van der Waals surface area contributed by atoms with Gasteiger partial charge in [-0.3, -0.25) is 9.69 Å². The minimum atomic E-state index is -0.913. The molecule has 2 heterocycles.